The number of phenolic OH excluding ortho intramolecular Hbond substituents is 1. The minimum atomic E-state index is -0.843. The molecule has 1 aliphatic rings. The van der Waals surface area contributed by atoms with Crippen LogP contribution >= 0.6 is 11.6 Å². The van der Waals surface area contributed by atoms with E-state index in [1.807, 2.05) is 19.0 Å². The van der Waals surface area contributed by atoms with E-state index in [2.05, 4.69) is 0 Å². The SMILES string of the molecule is COc1cc(Cl)cc2cc(C(=O)C3=C(O)C(=O)N(CCN(C)C)C3c3ccc(O)cc3)oc12. The van der Waals surface area contributed by atoms with Crippen molar-refractivity contribution < 1.29 is 29.0 Å². The van der Waals surface area contributed by atoms with Crippen LogP contribution < -0.4 is 4.74 Å². The van der Waals surface area contributed by atoms with Gasteiger partial charge in [-0.15, -0.1) is 0 Å². The maximum atomic E-state index is 13.6. The molecule has 9 heteroatoms. The van der Waals surface area contributed by atoms with Crippen LogP contribution in [0, 0.1) is 0 Å². The molecular weight excluding hydrogens is 448 g/mol. The highest BCUT2D eigenvalue weighted by Gasteiger charge is 2.44. The Kier molecular flexibility index (Phi) is 6.05. The third kappa shape index (κ3) is 4.15. The van der Waals surface area contributed by atoms with Crippen LogP contribution in [0.5, 0.6) is 11.5 Å². The number of aromatic hydroxyl groups is 1. The molecule has 0 saturated carbocycles. The van der Waals surface area contributed by atoms with Crippen molar-refractivity contribution in [3.05, 3.63) is 70.1 Å². The van der Waals surface area contributed by atoms with Crippen LogP contribution in [-0.4, -0.2) is 66.0 Å². The molecule has 4 rings (SSSR count). The number of fused-ring (bicyclic) bond motifs is 1. The summed E-state index contributed by atoms with van der Waals surface area (Å²) in [6.45, 7) is 0.803. The smallest absolute Gasteiger partial charge is 0.290 e. The summed E-state index contributed by atoms with van der Waals surface area (Å²) in [6.07, 6.45) is 0. The Balaban J connectivity index is 1.81. The number of hydrogen-bond acceptors (Lipinski definition) is 7. The van der Waals surface area contributed by atoms with E-state index >= 15 is 0 Å². The second-order valence-corrected chi connectivity index (χ2v) is 8.46. The molecule has 33 heavy (non-hydrogen) atoms. The highest BCUT2D eigenvalue weighted by Crippen LogP contribution is 2.41. The number of aliphatic hydroxyl groups is 1. The van der Waals surface area contributed by atoms with Gasteiger partial charge >= 0.3 is 0 Å². The van der Waals surface area contributed by atoms with E-state index in [0.29, 0.717) is 33.8 Å². The average molecular weight is 471 g/mol. The van der Waals surface area contributed by atoms with Crippen LogP contribution in [0.1, 0.15) is 22.2 Å². The topological polar surface area (TPSA) is 103 Å². The fourth-order valence-corrected chi connectivity index (χ4v) is 4.13. The summed E-state index contributed by atoms with van der Waals surface area (Å²) in [7, 11) is 5.19. The molecule has 8 nitrogen and oxygen atoms in total. The van der Waals surface area contributed by atoms with Crippen molar-refractivity contribution in [2.45, 2.75) is 6.04 Å². The van der Waals surface area contributed by atoms with Gasteiger partial charge in [0.1, 0.15) is 5.75 Å². The molecule has 0 fully saturated rings. The Morgan fingerprint density at radius 1 is 1.18 bits per heavy atom. The number of furan rings is 1. The third-order valence-electron chi connectivity index (χ3n) is 5.54. The maximum absolute atomic E-state index is 13.6. The van der Waals surface area contributed by atoms with Gasteiger partial charge in [-0.25, -0.2) is 0 Å². The number of ketones is 1. The first-order chi connectivity index (χ1) is 15.7. The van der Waals surface area contributed by atoms with E-state index in [0.717, 1.165) is 0 Å². The molecule has 1 aliphatic heterocycles. The number of carbonyl (C=O) groups is 2. The number of Topliss-reactive ketones (excluding diaryl/α,β-unsaturated/α-hetero) is 1. The molecule has 0 spiro atoms. The highest BCUT2D eigenvalue weighted by molar-refractivity contribution is 6.31. The molecule has 2 heterocycles. The Morgan fingerprint density at radius 2 is 1.88 bits per heavy atom. The zero-order valence-corrected chi connectivity index (χ0v) is 19.1. The second kappa shape index (κ2) is 8.80. The lowest BCUT2D eigenvalue weighted by molar-refractivity contribution is -0.129. The Morgan fingerprint density at radius 3 is 2.52 bits per heavy atom. The lowest BCUT2D eigenvalue weighted by Gasteiger charge is -2.27. The summed E-state index contributed by atoms with van der Waals surface area (Å²) in [5, 5.41) is 21.4. The minimum absolute atomic E-state index is 0.0465. The van der Waals surface area contributed by atoms with Crippen molar-refractivity contribution in [1.82, 2.24) is 9.80 Å². The molecular formula is C24H23ClN2O6. The molecule has 172 valence electrons. The number of likely N-dealkylation sites (N-methyl/N-ethyl adjacent to an activating group) is 1. The fraction of sp³-hybridized carbons (Fsp3) is 0.250. The van der Waals surface area contributed by atoms with Crippen molar-refractivity contribution in [3.8, 4) is 11.5 Å². The Hall–Kier alpha value is -3.49. The molecule has 0 radical (unpaired) electrons. The summed E-state index contributed by atoms with van der Waals surface area (Å²) in [5.41, 5.74) is 0.818. The fourth-order valence-electron chi connectivity index (χ4n) is 3.91. The quantitative estimate of drug-likeness (QED) is 0.504. The van der Waals surface area contributed by atoms with Gasteiger partial charge in [0, 0.05) is 29.6 Å². The van der Waals surface area contributed by atoms with Gasteiger partial charge in [0.25, 0.3) is 5.91 Å². The average Bonchev–Trinajstić information content (AvgIpc) is 3.31. The van der Waals surface area contributed by atoms with Gasteiger partial charge in [-0.05, 0) is 43.9 Å². The van der Waals surface area contributed by atoms with Crippen molar-refractivity contribution in [3.63, 3.8) is 0 Å². The van der Waals surface area contributed by atoms with Crippen LogP contribution in [0.4, 0.5) is 0 Å². The van der Waals surface area contributed by atoms with E-state index < -0.39 is 23.5 Å². The van der Waals surface area contributed by atoms with E-state index in [4.69, 9.17) is 20.8 Å². The number of aliphatic hydroxyl groups excluding tert-OH is 1. The van der Waals surface area contributed by atoms with E-state index in [9.17, 15) is 19.8 Å². The molecule has 3 aromatic rings. The number of rotatable bonds is 7. The van der Waals surface area contributed by atoms with Gasteiger partial charge < -0.3 is 29.2 Å². The summed E-state index contributed by atoms with van der Waals surface area (Å²) >= 11 is 6.12. The molecule has 0 bridgehead atoms. The number of hydrogen-bond donors (Lipinski definition) is 2. The largest absolute Gasteiger partial charge is 0.508 e. The third-order valence-corrected chi connectivity index (χ3v) is 5.75. The zero-order chi connectivity index (χ0) is 23.9. The Labute approximate surface area is 195 Å². The number of benzene rings is 2. The number of carbonyl (C=O) groups excluding carboxylic acids is 2. The normalized spacial score (nSPS) is 16.3. The summed E-state index contributed by atoms with van der Waals surface area (Å²) in [5.74, 6) is -1.54. The number of methoxy groups -OCH3 is 1. The predicted molar refractivity (Wildman–Crippen MR) is 123 cm³/mol. The van der Waals surface area contributed by atoms with Crippen LogP contribution in [0.15, 0.2) is 58.2 Å². The lowest BCUT2D eigenvalue weighted by atomic mass is 9.95. The van der Waals surface area contributed by atoms with Crippen LogP contribution in [-0.2, 0) is 4.79 Å². The van der Waals surface area contributed by atoms with Crippen LogP contribution in [0.2, 0.25) is 5.02 Å². The zero-order valence-electron chi connectivity index (χ0n) is 18.3. The van der Waals surface area contributed by atoms with E-state index in [1.165, 1.54) is 30.2 Å². The van der Waals surface area contributed by atoms with Gasteiger partial charge in [0.15, 0.2) is 22.9 Å². The molecule has 2 N–H and O–H groups in total. The van der Waals surface area contributed by atoms with E-state index in [-0.39, 0.29) is 23.6 Å². The van der Waals surface area contributed by atoms with Gasteiger partial charge in [-0.3, -0.25) is 9.59 Å². The number of halogens is 1. The van der Waals surface area contributed by atoms with Gasteiger partial charge in [0.05, 0.1) is 18.7 Å². The second-order valence-electron chi connectivity index (χ2n) is 8.02. The Bertz CT molecular complexity index is 1260. The molecule has 1 aromatic heterocycles. The summed E-state index contributed by atoms with van der Waals surface area (Å²) < 4.78 is 11.1. The van der Waals surface area contributed by atoms with Gasteiger partial charge in [-0.1, -0.05) is 23.7 Å². The number of nitrogens with zero attached hydrogens (tertiary/aromatic N) is 2. The monoisotopic (exact) mass is 470 g/mol. The van der Waals surface area contributed by atoms with E-state index in [1.54, 1.807) is 24.3 Å². The highest BCUT2D eigenvalue weighted by atomic mass is 35.5. The van der Waals surface area contributed by atoms with Crippen molar-refractivity contribution in [2.24, 2.45) is 0 Å². The molecule has 0 aliphatic carbocycles. The first-order valence-corrected chi connectivity index (χ1v) is 10.6. The predicted octanol–water partition coefficient (Wildman–Crippen LogP) is 3.94. The molecule has 1 atom stereocenters. The first-order valence-electron chi connectivity index (χ1n) is 10.2. The summed E-state index contributed by atoms with van der Waals surface area (Å²) in [6, 6.07) is 10.0. The van der Waals surface area contributed by atoms with Crippen LogP contribution in [0.25, 0.3) is 11.0 Å². The lowest BCUT2D eigenvalue weighted by Crippen LogP contribution is -2.36. The maximum Gasteiger partial charge on any atom is 0.290 e. The number of ether oxygens (including phenoxy) is 1. The number of phenols is 1. The van der Waals surface area contributed by atoms with Crippen molar-refractivity contribution in [1.29, 1.82) is 0 Å². The van der Waals surface area contributed by atoms with Crippen molar-refractivity contribution in [2.75, 3.05) is 34.3 Å². The molecule has 1 unspecified atom stereocenters. The van der Waals surface area contributed by atoms with Gasteiger partial charge in [0.2, 0.25) is 5.78 Å². The summed E-state index contributed by atoms with van der Waals surface area (Å²) in [4.78, 5) is 29.9. The minimum Gasteiger partial charge on any atom is -0.508 e. The molecule has 1 amide bonds. The van der Waals surface area contributed by atoms with Gasteiger partial charge in [-0.2, -0.15) is 0 Å². The van der Waals surface area contributed by atoms with Crippen LogP contribution in [0.3, 0.4) is 0 Å². The van der Waals surface area contributed by atoms with Crippen molar-refractivity contribution >= 4 is 34.3 Å². The molecule has 0 saturated heterocycles. The number of amides is 1. The molecule has 2 aromatic carbocycles. The first kappa shape index (κ1) is 22.7. The standard InChI is InChI=1S/C24H23ClN2O6/c1-26(2)8-9-27-20(13-4-6-16(28)7-5-13)19(22(30)24(27)31)21(29)17-11-14-10-15(25)12-18(32-3)23(14)33-17/h4-7,10-12,20,28,30H,8-9H2,1-3H3.